The first-order valence-electron chi connectivity index (χ1n) is 13.8. The van der Waals surface area contributed by atoms with Crippen LogP contribution in [0.3, 0.4) is 0 Å². The van der Waals surface area contributed by atoms with Gasteiger partial charge in [0.05, 0.1) is 18.5 Å². The number of rotatable bonds is 10. The molecule has 3 amide bonds. The van der Waals surface area contributed by atoms with Crippen LogP contribution in [0.1, 0.15) is 77.2 Å². The van der Waals surface area contributed by atoms with E-state index in [1.165, 1.54) is 6.07 Å². The first kappa shape index (κ1) is 27.8. The average Bonchev–Trinajstić information content (AvgIpc) is 3.75. The Morgan fingerprint density at radius 1 is 1.07 bits per heavy atom. The van der Waals surface area contributed by atoms with Crippen LogP contribution in [0.2, 0.25) is 0 Å². The molecule has 212 valence electrons. The molecule has 5 rings (SSSR count). The molecule has 2 unspecified atom stereocenters. The van der Waals surface area contributed by atoms with E-state index in [0.717, 1.165) is 29.7 Å². The van der Waals surface area contributed by atoms with Gasteiger partial charge in [0.15, 0.2) is 5.69 Å². The maximum atomic E-state index is 13.5. The highest BCUT2D eigenvalue weighted by Gasteiger charge is 2.34. The number of carbonyl (C=O) groups excluding carboxylic acids is 3. The van der Waals surface area contributed by atoms with Gasteiger partial charge in [-0.1, -0.05) is 65.8 Å². The van der Waals surface area contributed by atoms with Crippen LogP contribution in [0.4, 0.5) is 0 Å². The average molecular weight is 555 g/mol. The summed E-state index contributed by atoms with van der Waals surface area (Å²) in [5.74, 6) is -0.240. The van der Waals surface area contributed by atoms with E-state index in [4.69, 9.17) is 4.52 Å². The normalized spacial score (nSPS) is 16.2. The predicted octanol–water partition coefficient (Wildman–Crippen LogP) is 4.03. The topological polar surface area (TPSA) is 133 Å². The van der Waals surface area contributed by atoms with Crippen molar-refractivity contribution < 1.29 is 18.9 Å². The van der Waals surface area contributed by atoms with E-state index in [0.29, 0.717) is 24.6 Å². The largest absolute Gasteiger partial charge is 0.361 e. The third-order valence-electron chi connectivity index (χ3n) is 7.27. The summed E-state index contributed by atoms with van der Waals surface area (Å²) in [6.07, 6.45) is 3.95. The number of carbonyl (C=O) groups is 3. The molecule has 4 aromatic rings. The zero-order valence-electron chi connectivity index (χ0n) is 23.2. The van der Waals surface area contributed by atoms with Crippen molar-refractivity contribution in [1.29, 1.82) is 0 Å². The van der Waals surface area contributed by atoms with Crippen molar-refractivity contribution in [3.05, 3.63) is 107 Å². The predicted molar refractivity (Wildman–Crippen MR) is 152 cm³/mol. The Balaban J connectivity index is 1.29. The molecule has 3 atom stereocenters. The van der Waals surface area contributed by atoms with Gasteiger partial charge in [0.2, 0.25) is 11.8 Å². The van der Waals surface area contributed by atoms with Gasteiger partial charge >= 0.3 is 0 Å². The van der Waals surface area contributed by atoms with Gasteiger partial charge in [-0.05, 0) is 37.8 Å². The number of hydrogen-bond donors (Lipinski definition) is 3. The highest BCUT2D eigenvalue weighted by Crippen LogP contribution is 2.32. The molecule has 41 heavy (non-hydrogen) atoms. The van der Waals surface area contributed by atoms with Gasteiger partial charge in [-0.15, -0.1) is 0 Å². The Labute approximate surface area is 238 Å². The number of nitrogens with one attached hydrogen (secondary N) is 3. The summed E-state index contributed by atoms with van der Waals surface area (Å²) in [5, 5.41) is 9.36. The molecule has 0 bridgehead atoms. The van der Waals surface area contributed by atoms with E-state index in [1.807, 2.05) is 60.7 Å². The lowest BCUT2D eigenvalue weighted by molar-refractivity contribution is -0.135. The summed E-state index contributed by atoms with van der Waals surface area (Å²) in [5.41, 5.74) is 3.15. The lowest BCUT2D eigenvalue weighted by atomic mass is 10.0. The van der Waals surface area contributed by atoms with Crippen LogP contribution in [0.5, 0.6) is 0 Å². The third-order valence-corrected chi connectivity index (χ3v) is 7.27. The van der Waals surface area contributed by atoms with E-state index < -0.39 is 23.9 Å². The molecule has 1 aliphatic heterocycles. The number of nitrogens with zero attached hydrogens (tertiary/aromatic N) is 3. The molecule has 1 fully saturated rings. The summed E-state index contributed by atoms with van der Waals surface area (Å²) < 4.78 is 5.02. The molecule has 10 nitrogen and oxygen atoms in total. The number of aromatic amines is 1. The number of likely N-dealkylation sites (tertiary alicyclic amines) is 1. The number of aromatic nitrogens is 3. The molecule has 0 saturated carbocycles. The van der Waals surface area contributed by atoms with Crippen LogP contribution in [0, 0.1) is 6.92 Å². The van der Waals surface area contributed by atoms with Crippen LogP contribution in [0.15, 0.2) is 77.4 Å². The summed E-state index contributed by atoms with van der Waals surface area (Å²) in [7, 11) is 0. The summed E-state index contributed by atoms with van der Waals surface area (Å²) in [6, 6.07) is 19.7. The van der Waals surface area contributed by atoms with Gasteiger partial charge < -0.3 is 25.0 Å². The van der Waals surface area contributed by atoms with Crippen LogP contribution in [-0.2, 0) is 16.0 Å². The van der Waals surface area contributed by atoms with Crippen molar-refractivity contribution in [2.24, 2.45) is 0 Å². The lowest BCUT2D eigenvalue weighted by Crippen LogP contribution is -2.50. The summed E-state index contributed by atoms with van der Waals surface area (Å²) in [4.78, 5) is 49.5. The molecule has 1 saturated heterocycles. The maximum Gasteiger partial charge on any atom is 0.274 e. The van der Waals surface area contributed by atoms with Gasteiger partial charge in [0, 0.05) is 30.9 Å². The van der Waals surface area contributed by atoms with Crippen LogP contribution < -0.4 is 10.6 Å². The summed E-state index contributed by atoms with van der Waals surface area (Å²) >= 11 is 0. The zero-order chi connectivity index (χ0) is 28.8. The van der Waals surface area contributed by atoms with Crippen molar-refractivity contribution >= 4 is 17.7 Å². The molecular formula is C31H34N6O4. The van der Waals surface area contributed by atoms with E-state index >= 15 is 0 Å². The second kappa shape index (κ2) is 12.6. The molecule has 0 radical (unpaired) electrons. The molecular weight excluding hydrogens is 520 g/mol. The monoisotopic (exact) mass is 554 g/mol. The number of amides is 3. The molecule has 1 aliphatic rings. The van der Waals surface area contributed by atoms with Gasteiger partial charge in [-0.2, -0.15) is 0 Å². The number of H-pyrrole nitrogens is 1. The van der Waals surface area contributed by atoms with Gasteiger partial charge in [-0.25, -0.2) is 4.98 Å². The first-order chi connectivity index (χ1) is 19.9. The third kappa shape index (κ3) is 6.89. The SMILES string of the molecule is Cc1cc(C(=O)NC(CC(=O)N2CCC[C@@H]2c2ccccc2)C(=O)NC(C)c2ncc(Cc3ccccc3)[nH]2)no1. The van der Waals surface area contributed by atoms with E-state index in [9.17, 15) is 14.4 Å². The Morgan fingerprint density at radius 2 is 1.80 bits per heavy atom. The fraction of sp³-hybridized carbons (Fsp3) is 0.323. The number of benzene rings is 2. The minimum Gasteiger partial charge on any atom is -0.361 e. The van der Waals surface area contributed by atoms with Gasteiger partial charge in [0.1, 0.15) is 17.6 Å². The molecule has 0 aliphatic carbocycles. The van der Waals surface area contributed by atoms with Crippen molar-refractivity contribution in [2.75, 3.05) is 6.54 Å². The van der Waals surface area contributed by atoms with Crippen molar-refractivity contribution in [3.8, 4) is 0 Å². The first-order valence-corrected chi connectivity index (χ1v) is 13.8. The molecule has 3 N–H and O–H groups in total. The molecule has 0 spiro atoms. The van der Waals surface area contributed by atoms with Crippen molar-refractivity contribution in [2.45, 2.75) is 57.7 Å². The minimum absolute atomic E-state index is 0.0423. The number of aryl methyl sites for hydroxylation is 1. The fourth-order valence-electron chi connectivity index (χ4n) is 5.18. The Kier molecular flexibility index (Phi) is 8.57. The van der Waals surface area contributed by atoms with Gasteiger partial charge in [-0.3, -0.25) is 14.4 Å². The van der Waals surface area contributed by atoms with E-state index in [2.05, 4.69) is 25.8 Å². The van der Waals surface area contributed by atoms with Crippen molar-refractivity contribution in [1.82, 2.24) is 30.7 Å². The minimum atomic E-state index is -1.12. The smallest absolute Gasteiger partial charge is 0.274 e. The lowest BCUT2D eigenvalue weighted by Gasteiger charge is -2.27. The standard InChI is InChI=1S/C31H34N6O4/c1-20-16-26(36-41-20)31(40)35-25(18-28(38)37-15-9-14-27(37)23-12-7-4-8-13-23)30(39)33-21(2)29-32-19-24(34-29)17-22-10-5-3-6-11-22/h3-8,10-13,16,19,21,25,27H,9,14-15,17-18H2,1-2H3,(H,32,34)(H,33,39)(H,35,40)/t21?,25?,27-/m1/s1. The zero-order valence-corrected chi connectivity index (χ0v) is 23.2. The fourth-order valence-corrected chi connectivity index (χ4v) is 5.18. The highest BCUT2D eigenvalue weighted by atomic mass is 16.5. The second-order valence-electron chi connectivity index (χ2n) is 10.4. The molecule has 3 heterocycles. The summed E-state index contributed by atoms with van der Waals surface area (Å²) in [6.45, 7) is 4.07. The van der Waals surface area contributed by atoms with Crippen LogP contribution >= 0.6 is 0 Å². The van der Waals surface area contributed by atoms with Crippen LogP contribution in [-0.4, -0.2) is 50.3 Å². The Morgan fingerprint density at radius 3 is 2.51 bits per heavy atom. The maximum absolute atomic E-state index is 13.5. The molecule has 2 aromatic heterocycles. The molecule has 2 aromatic carbocycles. The Hall–Kier alpha value is -4.73. The van der Waals surface area contributed by atoms with Crippen LogP contribution in [0.25, 0.3) is 0 Å². The van der Waals surface area contributed by atoms with Crippen molar-refractivity contribution in [3.63, 3.8) is 0 Å². The quantitative estimate of drug-likeness (QED) is 0.271. The van der Waals surface area contributed by atoms with Gasteiger partial charge in [0.25, 0.3) is 5.91 Å². The van der Waals surface area contributed by atoms with E-state index in [-0.39, 0.29) is 24.1 Å². The highest BCUT2D eigenvalue weighted by molar-refractivity contribution is 5.97. The molecule has 10 heteroatoms. The number of imidazole rings is 1. The Bertz CT molecular complexity index is 1480. The number of hydrogen-bond acceptors (Lipinski definition) is 6. The second-order valence-corrected chi connectivity index (χ2v) is 10.4. The van der Waals surface area contributed by atoms with E-state index in [1.54, 1.807) is 24.9 Å².